The molecule has 1 aliphatic heterocycles. The first-order valence-electron chi connectivity index (χ1n) is 3.11. The minimum Gasteiger partial charge on any atom is -0.371 e. The first-order chi connectivity index (χ1) is 4.20. The second kappa shape index (κ2) is 2.62. The third-order valence-electron chi connectivity index (χ3n) is 1.59. The lowest BCUT2D eigenvalue weighted by molar-refractivity contribution is 0.137. The highest BCUT2D eigenvalue weighted by Crippen LogP contribution is 2.16. The van der Waals surface area contributed by atoms with E-state index >= 15 is 0 Å². The Morgan fingerprint density at radius 1 is 1.78 bits per heavy atom. The summed E-state index contributed by atoms with van der Waals surface area (Å²) in [5.74, 6) is 0. The number of aliphatic hydroxyl groups is 1. The molecule has 0 aliphatic carbocycles. The van der Waals surface area contributed by atoms with Gasteiger partial charge in [-0.25, -0.2) is 4.39 Å². The fourth-order valence-corrected chi connectivity index (χ4v) is 1.01. The molecule has 1 N–H and O–H groups in total. The average Bonchev–Trinajstić information content (AvgIpc) is 2.14. The lowest BCUT2D eigenvalue weighted by Crippen LogP contribution is -2.24. The molecule has 0 aromatic carbocycles. The van der Waals surface area contributed by atoms with E-state index in [1.165, 1.54) is 0 Å². The predicted molar refractivity (Wildman–Crippen MR) is 31.9 cm³/mol. The molecule has 9 heavy (non-hydrogen) atoms. The van der Waals surface area contributed by atoms with Crippen molar-refractivity contribution in [1.82, 2.24) is 4.90 Å². The second-order valence-electron chi connectivity index (χ2n) is 2.38. The summed E-state index contributed by atoms with van der Waals surface area (Å²) < 4.78 is 12.4. The van der Waals surface area contributed by atoms with Crippen molar-refractivity contribution in [2.24, 2.45) is 0 Å². The Kier molecular flexibility index (Phi) is 2.03. The molecular weight excluding hydrogens is 121 g/mol. The monoisotopic (exact) mass is 132 g/mol. The Morgan fingerprint density at radius 3 is 2.67 bits per heavy atom. The van der Waals surface area contributed by atoms with Crippen LogP contribution in [0.4, 0.5) is 4.39 Å². The largest absolute Gasteiger partial charge is 0.371 e. The lowest BCUT2D eigenvalue weighted by atomic mass is 10.3. The summed E-state index contributed by atoms with van der Waals surface area (Å²) in [6.45, 7) is 2.60. The quantitative estimate of drug-likeness (QED) is 0.573. The Labute approximate surface area is 54.3 Å². The van der Waals surface area contributed by atoms with Gasteiger partial charge >= 0.3 is 0 Å². The number of likely N-dealkylation sites (tertiary alicyclic amines) is 1. The van der Waals surface area contributed by atoms with Crippen molar-refractivity contribution in [3.8, 4) is 0 Å². The minimum absolute atomic E-state index is 0.232. The summed E-state index contributed by atoms with van der Waals surface area (Å²) in [5.41, 5.74) is 0. The Hall–Kier alpha value is -0.150. The summed E-state index contributed by atoms with van der Waals surface area (Å²) in [7, 11) is 0. The van der Waals surface area contributed by atoms with Crippen LogP contribution in [0.2, 0.25) is 0 Å². The van der Waals surface area contributed by atoms with Crippen LogP contribution in [0, 0.1) is 6.23 Å². The van der Waals surface area contributed by atoms with E-state index in [-0.39, 0.29) is 6.23 Å². The number of halogens is 1. The molecule has 2 nitrogen and oxygen atoms in total. The smallest absolute Gasteiger partial charge is 0.158 e. The number of hydrogen-bond acceptors (Lipinski definition) is 2. The van der Waals surface area contributed by atoms with Crippen LogP contribution in [0.1, 0.15) is 13.3 Å². The summed E-state index contributed by atoms with van der Waals surface area (Å²) in [6, 6.07) is 0. The second-order valence-corrected chi connectivity index (χ2v) is 2.38. The normalized spacial score (nSPS) is 30.0. The van der Waals surface area contributed by atoms with Gasteiger partial charge < -0.3 is 5.11 Å². The van der Waals surface area contributed by atoms with Crippen molar-refractivity contribution in [3.63, 3.8) is 0 Å². The fourth-order valence-electron chi connectivity index (χ4n) is 1.01. The number of aliphatic hydroxyl groups excluding tert-OH is 1. The third-order valence-corrected chi connectivity index (χ3v) is 1.59. The van der Waals surface area contributed by atoms with Gasteiger partial charge in [-0.05, 0) is 13.3 Å². The van der Waals surface area contributed by atoms with Gasteiger partial charge in [0.05, 0.1) is 0 Å². The number of hydrogen-bond donors (Lipinski definition) is 1. The molecule has 1 aliphatic rings. The first-order valence-corrected chi connectivity index (χ1v) is 3.11. The van der Waals surface area contributed by atoms with Gasteiger partial charge in [-0.2, -0.15) is 0 Å². The van der Waals surface area contributed by atoms with Crippen molar-refractivity contribution in [2.75, 3.05) is 13.1 Å². The predicted octanol–water partition coefficient (Wildman–Crippen LogP) is 0.912. The molecule has 0 spiro atoms. The molecule has 0 saturated carbocycles. The van der Waals surface area contributed by atoms with Crippen LogP contribution in [0.3, 0.4) is 0 Å². The standard InChI is InChI=1S/C6H11FNO/c1-5(9)8-3-2-6(7)4-8/h6,9H,2-4H2,1H3/t6-/m0/s1. The van der Waals surface area contributed by atoms with Crippen LogP contribution in [-0.4, -0.2) is 29.3 Å². The molecule has 1 heterocycles. The van der Waals surface area contributed by atoms with Gasteiger partial charge in [0.15, 0.2) is 6.23 Å². The molecule has 1 saturated heterocycles. The zero-order valence-electron chi connectivity index (χ0n) is 5.47. The zero-order chi connectivity index (χ0) is 6.85. The Balaban J connectivity index is 2.30. The van der Waals surface area contributed by atoms with E-state index in [2.05, 4.69) is 0 Å². The lowest BCUT2D eigenvalue weighted by Gasteiger charge is -2.15. The highest BCUT2D eigenvalue weighted by atomic mass is 19.1. The van der Waals surface area contributed by atoms with E-state index in [9.17, 15) is 4.39 Å². The van der Waals surface area contributed by atoms with Crippen molar-refractivity contribution < 1.29 is 9.50 Å². The highest BCUT2D eigenvalue weighted by Gasteiger charge is 2.24. The van der Waals surface area contributed by atoms with Crippen molar-refractivity contribution >= 4 is 0 Å². The van der Waals surface area contributed by atoms with Gasteiger partial charge in [0.25, 0.3) is 0 Å². The maximum absolute atomic E-state index is 12.4. The summed E-state index contributed by atoms with van der Waals surface area (Å²) in [5, 5.41) is 8.85. The van der Waals surface area contributed by atoms with Crippen LogP contribution in [0.5, 0.6) is 0 Å². The van der Waals surface area contributed by atoms with Gasteiger partial charge in [0.2, 0.25) is 0 Å². The van der Waals surface area contributed by atoms with Gasteiger partial charge in [0.1, 0.15) is 6.17 Å². The SMILES string of the molecule is C[C](O)N1CC[C@H](F)C1. The fraction of sp³-hybridized carbons (Fsp3) is 0.833. The third kappa shape index (κ3) is 1.63. The van der Waals surface area contributed by atoms with Crippen LogP contribution >= 0.6 is 0 Å². The molecule has 0 amide bonds. The molecule has 1 radical (unpaired) electrons. The highest BCUT2D eigenvalue weighted by molar-refractivity contribution is 4.81. The molecule has 0 bridgehead atoms. The first kappa shape index (κ1) is 6.96. The number of nitrogens with zero attached hydrogens (tertiary/aromatic N) is 1. The summed E-state index contributed by atoms with van der Waals surface area (Å²) in [4.78, 5) is 1.64. The van der Waals surface area contributed by atoms with Crippen molar-refractivity contribution in [1.29, 1.82) is 0 Å². The minimum atomic E-state index is -0.743. The Morgan fingerprint density at radius 2 is 2.44 bits per heavy atom. The van der Waals surface area contributed by atoms with Gasteiger partial charge in [-0.3, -0.25) is 4.90 Å². The molecule has 53 valence electrons. The number of rotatable bonds is 1. The molecule has 0 aromatic heterocycles. The van der Waals surface area contributed by atoms with Crippen molar-refractivity contribution in [2.45, 2.75) is 19.5 Å². The molecular formula is C6H11FNO. The summed E-state index contributed by atoms with van der Waals surface area (Å²) in [6.07, 6.45) is 0.0417. The van der Waals surface area contributed by atoms with Crippen LogP contribution in [0.25, 0.3) is 0 Å². The number of alkyl halides is 1. The zero-order valence-corrected chi connectivity index (χ0v) is 5.47. The van der Waals surface area contributed by atoms with E-state index in [0.717, 1.165) is 0 Å². The molecule has 1 rings (SSSR count). The molecule has 0 aromatic rings. The molecule has 1 fully saturated rings. The average molecular weight is 132 g/mol. The molecule has 1 atom stereocenters. The maximum Gasteiger partial charge on any atom is 0.158 e. The van der Waals surface area contributed by atoms with Crippen LogP contribution < -0.4 is 0 Å². The van der Waals surface area contributed by atoms with Gasteiger partial charge in [-0.1, -0.05) is 0 Å². The van der Waals surface area contributed by atoms with E-state index in [1.807, 2.05) is 0 Å². The van der Waals surface area contributed by atoms with Gasteiger partial charge in [0, 0.05) is 13.1 Å². The van der Waals surface area contributed by atoms with Gasteiger partial charge in [-0.15, -0.1) is 0 Å². The van der Waals surface area contributed by atoms with E-state index in [4.69, 9.17) is 5.11 Å². The summed E-state index contributed by atoms with van der Waals surface area (Å²) >= 11 is 0. The van der Waals surface area contributed by atoms with E-state index in [0.29, 0.717) is 19.5 Å². The van der Waals surface area contributed by atoms with Crippen LogP contribution in [-0.2, 0) is 0 Å². The van der Waals surface area contributed by atoms with Crippen molar-refractivity contribution in [3.05, 3.63) is 6.23 Å². The van der Waals surface area contributed by atoms with E-state index < -0.39 is 6.17 Å². The van der Waals surface area contributed by atoms with Crippen LogP contribution in [0.15, 0.2) is 0 Å². The maximum atomic E-state index is 12.4. The van der Waals surface area contributed by atoms with E-state index in [1.54, 1.807) is 11.8 Å². The Bertz CT molecular complexity index is 97.1. The molecule has 3 heteroatoms. The molecule has 0 unspecified atom stereocenters. The topological polar surface area (TPSA) is 23.5 Å².